The Balaban J connectivity index is 2.03. The summed E-state index contributed by atoms with van der Waals surface area (Å²) in [5.74, 6) is -1.17. The lowest BCUT2D eigenvalue weighted by atomic mass is 10.0. The first-order valence-corrected chi connectivity index (χ1v) is 8.36. The summed E-state index contributed by atoms with van der Waals surface area (Å²) in [4.78, 5) is 11.3. The van der Waals surface area contributed by atoms with Crippen LogP contribution in [0.2, 0.25) is 0 Å². The first kappa shape index (κ1) is 16.2. The monoisotopic (exact) mass is 316 g/mol. The van der Waals surface area contributed by atoms with Crippen LogP contribution in [0.3, 0.4) is 0 Å². The van der Waals surface area contributed by atoms with Gasteiger partial charge in [0.15, 0.2) is 0 Å². The van der Waals surface area contributed by atoms with E-state index in [2.05, 4.69) is 4.72 Å². The van der Waals surface area contributed by atoms with E-state index in [0.717, 1.165) is 18.4 Å². The highest BCUT2D eigenvalue weighted by atomic mass is 32.2. The molecule has 7 nitrogen and oxygen atoms in total. The highest BCUT2D eigenvalue weighted by Crippen LogP contribution is 2.16. The second kappa shape index (κ2) is 7.17. The van der Waals surface area contributed by atoms with Gasteiger partial charge in [0, 0.05) is 13.1 Å². The fourth-order valence-corrected chi connectivity index (χ4v) is 3.60. The first-order chi connectivity index (χ1) is 9.99. The zero-order valence-electron chi connectivity index (χ0n) is 11.7. The molecule has 0 aromatic carbocycles. The maximum atomic E-state index is 12.2. The summed E-state index contributed by atoms with van der Waals surface area (Å²) in [6.07, 6.45) is 7.69. The number of morpholine rings is 1. The van der Waals surface area contributed by atoms with E-state index in [4.69, 9.17) is 4.74 Å². The fourth-order valence-electron chi connectivity index (χ4n) is 2.28. The van der Waals surface area contributed by atoms with Gasteiger partial charge in [-0.2, -0.15) is 17.4 Å². The Hall–Kier alpha value is -1.22. The van der Waals surface area contributed by atoms with Crippen LogP contribution in [0.1, 0.15) is 19.3 Å². The number of carbonyl (C=O) groups is 1. The van der Waals surface area contributed by atoms with Gasteiger partial charge in [-0.3, -0.25) is 4.79 Å². The van der Waals surface area contributed by atoms with E-state index in [-0.39, 0.29) is 19.5 Å². The van der Waals surface area contributed by atoms with Crippen LogP contribution in [0.4, 0.5) is 0 Å². The number of nitrogens with zero attached hydrogens (tertiary/aromatic N) is 1. The molecule has 0 spiro atoms. The standard InChI is InChI=1S/C13H20N2O5S/c16-13(17)12(10-11-4-2-1-3-5-11)14-21(18,19)15-6-8-20-9-7-15/h2,4-5,12,14H,1,3,6-10H2,(H,16,17)/t12-/m0/s1. The molecule has 1 saturated heterocycles. The van der Waals surface area contributed by atoms with Crippen molar-refractivity contribution >= 4 is 16.2 Å². The van der Waals surface area contributed by atoms with Crippen molar-refractivity contribution in [3.8, 4) is 0 Å². The highest BCUT2D eigenvalue weighted by Gasteiger charge is 2.30. The predicted molar refractivity (Wildman–Crippen MR) is 76.9 cm³/mol. The number of hydrogen-bond donors (Lipinski definition) is 2. The van der Waals surface area contributed by atoms with Crippen molar-refractivity contribution in [3.05, 3.63) is 23.8 Å². The molecule has 21 heavy (non-hydrogen) atoms. The molecule has 0 saturated carbocycles. The Morgan fingerprint density at radius 2 is 2.10 bits per heavy atom. The lowest BCUT2D eigenvalue weighted by molar-refractivity contribution is -0.138. The summed E-state index contributed by atoms with van der Waals surface area (Å²) < 4.78 is 33.0. The van der Waals surface area contributed by atoms with Gasteiger partial charge in [0.2, 0.25) is 0 Å². The van der Waals surface area contributed by atoms with Crippen LogP contribution in [-0.4, -0.2) is 56.1 Å². The third-order valence-corrected chi connectivity index (χ3v) is 5.04. The quantitative estimate of drug-likeness (QED) is 0.733. The molecule has 1 aliphatic heterocycles. The molecule has 0 amide bonds. The lowest BCUT2D eigenvalue weighted by Gasteiger charge is -2.27. The number of carboxylic acids is 1. The second-order valence-electron chi connectivity index (χ2n) is 4.99. The maximum Gasteiger partial charge on any atom is 0.322 e. The molecule has 8 heteroatoms. The molecular formula is C13H20N2O5S. The normalized spacial score (nSPS) is 21.8. The van der Waals surface area contributed by atoms with E-state index >= 15 is 0 Å². The van der Waals surface area contributed by atoms with Crippen molar-refractivity contribution < 1.29 is 23.1 Å². The van der Waals surface area contributed by atoms with E-state index in [1.54, 1.807) is 0 Å². The summed E-state index contributed by atoms with van der Waals surface area (Å²) in [7, 11) is -3.81. The van der Waals surface area contributed by atoms with Gasteiger partial charge in [-0.15, -0.1) is 0 Å². The molecule has 0 radical (unpaired) electrons. The van der Waals surface area contributed by atoms with Crippen molar-refractivity contribution in [2.75, 3.05) is 26.3 Å². The van der Waals surface area contributed by atoms with Crippen LogP contribution in [-0.2, 0) is 19.7 Å². The van der Waals surface area contributed by atoms with Crippen LogP contribution in [0.25, 0.3) is 0 Å². The number of allylic oxidation sites excluding steroid dienone is 3. The van der Waals surface area contributed by atoms with Crippen LogP contribution in [0, 0.1) is 0 Å². The minimum absolute atomic E-state index is 0.148. The van der Waals surface area contributed by atoms with E-state index < -0.39 is 22.2 Å². The molecular weight excluding hydrogens is 296 g/mol. The van der Waals surface area contributed by atoms with Gasteiger partial charge >= 0.3 is 5.97 Å². The zero-order chi connectivity index (χ0) is 15.3. The van der Waals surface area contributed by atoms with Gasteiger partial charge in [-0.05, 0) is 19.3 Å². The molecule has 1 fully saturated rings. The predicted octanol–water partition coefficient (Wildman–Crippen LogP) is 0.273. The average molecular weight is 316 g/mol. The maximum absolute atomic E-state index is 12.2. The van der Waals surface area contributed by atoms with Crippen molar-refractivity contribution in [3.63, 3.8) is 0 Å². The topological polar surface area (TPSA) is 95.9 Å². The Kier molecular flexibility index (Phi) is 5.51. The van der Waals surface area contributed by atoms with E-state index in [1.165, 1.54) is 4.31 Å². The van der Waals surface area contributed by atoms with Gasteiger partial charge < -0.3 is 9.84 Å². The first-order valence-electron chi connectivity index (χ1n) is 6.92. The smallest absolute Gasteiger partial charge is 0.322 e. The van der Waals surface area contributed by atoms with Crippen molar-refractivity contribution in [1.82, 2.24) is 9.03 Å². The summed E-state index contributed by atoms with van der Waals surface area (Å²) in [6, 6.07) is -1.16. The molecule has 2 rings (SSSR count). The summed E-state index contributed by atoms with van der Waals surface area (Å²) >= 11 is 0. The Bertz CT molecular complexity index is 535. The van der Waals surface area contributed by atoms with Crippen molar-refractivity contribution in [1.29, 1.82) is 0 Å². The van der Waals surface area contributed by atoms with Crippen LogP contribution < -0.4 is 4.72 Å². The summed E-state index contributed by atoms with van der Waals surface area (Å²) in [5.41, 5.74) is 0.846. The minimum atomic E-state index is -3.81. The number of hydrogen-bond acceptors (Lipinski definition) is 4. The third kappa shape index (κ3) is 4.63. The highest BCUT2D eigenvalue weighted by molar-refractivity contribution is 7.87. The molecule has 0 bridgehead atoms. The fraction of sp³-hybridized carbons (Fsp3) is 0.615. The minimum Gasteiger partial charge on any atom is -0.480 e. The number of rotatable bonds is 6. The third-order valence-electron chi connectivity index (χ3n) is 3.41. The summed E-state index contributed by atoms with van der Waals surface area (Å²) in [5, 5.41) is 9.24. The van der Waals surface area contributed by atoms with Crippen LogP contribution in [0.5, 0.6) is 0 Å². The Morgan fingerprint density at radius 1 is 1.38 bits per heavy atom. The second-order valence-corrected chi connectivity index (χ2v) is 6.69. The van der Waals surface area contributed by atoms with Crippen molar-refractivity contribution in [2.24, 2.45) is 0 Å². The number of nitrogens with one attached hydrogen (secondary N) is 1. The van der Waals surface area contributed by atoms with Gasteiger partial charge in [0.05, 0.1) is 13.2 Å². The van der Waals surface area contributed by atoms with Crippen molar-refractivity contribution in [2.45, 2.75) is 25.3 Å². The molecule has 2 N–H and O–H groups in total. The molecule has 2 aliphatic rings. The molecule has 118 valence electrons. The van der Waals surface area contributed by atoms with Gasteiger partial charge in [0.25, 0.3) is 10.2 Å². The summed E-state index contributed by atoms with van der Waals surface area (Å²) in [6.45, 7) is 1.13. The zero-order valence-corrected chi connectivity index (χ0v) is 12.5. The molecule has 0 unspecified atom stereocenters. The van der Waals surface area contributed by atoms with Gasteiger partial charge in [0.1, 0.15) is 6.04 Å². The number of aliphatic carboxylic acids is 1. The molecule has 0 aromatic rings. The van der Waals surface area contributed by atoms with E-state index in [0.29, 0.717) is 13.2 Å². The van der Waals surface area contributed by atoms with E-state index in [9.17, 15) is 18.3 Å². The SMILES string of the molecule is O=C(O)[C@H](CC1=CCCC=C1)NS(=O)(=O)N1CCOCC1. The molecule has 1 aliphatic carbocycles. The Labute approximate surface area is 124 Å². The number of ether oxygens (including phenoxy) is 1. The largest absolute Gasteiger partial charge is 0.480 e. The van der Waals surface area contributed by atoms with E-state index in [1.807, 2.05) is 18.2 Å². The van der Waals surface area contributed by atoms with Gasteiger partial charge in [-0.1, -0.05) is 23.8 Å². The molecule has 1 atom stereocenters. The molecule has 1 heterocycles. The Morgan fingerprint density at radius 3 is 2.67 bits per heavy atom. The average Bonchev–Trinajstić information content (AvgIpc) is 2.48. The van der Waals surface area contributed by atoms with Crippen LogP contribution >= 0.6 is 0 Å². The number of carboxylic acid groups (broad SMARTS) is 1. The van der Waals surface area contributed by atoms with Crippen LogP contribution in [0.15, 0.2) is 23.8 Å². The molecule has 0 aromatic heterocycles. The lowest BCUT2D eigenvalue weighted by Crippen LogP contribution is -2.51. The van der Waals surface area contributed by atoms with Gasteiger partial charge in [-0.25, -0.2) is 0 Å².